The zero-order chi connectivity index (χ0) is 20.8. The molecular formula is C23H20ClN3O3. The number of anilines is 2. The molecule has 3 saturated heterocycles. The molecule has 6 rings (SSSR count). The summed E-state index contributed by atoms with van der Waals surface area (Å²) in [6, 6.07) is 12.7. The van der Waals surface area contributed by atoms with Crippen LogP contribution in [-0.4, -0.2) is 35.2 Å². The number of benzene rings is 2. The molecule has 0 radical (unpaired) electrons. The molecule has 1 N–H and O–H groups in total. The molecule has 6 nitrogen and oxygen atoms in total. The first-order valence-electron chi connectivity index (χ1n) is 10.3. The van der Waals surface area contributed by atoms with Crippen LogP contribution in [0.25, 0.3) is 0 Å². The van der Waals surface area contributed by atoms with Gasteiger partial charge in [-0.15, -0.1) is 0 Å². The van der Waals surface area contributed by atoms with Gasteiger partial charge < -0.3 is 5.32 Å². The van der Waals surface area contributed by atoms with Crippen molar-refractivity contribution in [1.29, 1.82) is 0 Å². The van der Waals surface area contributed by atoms with Gasteiger partial charge in [0.1, 0.15) is 5.54 Å². The number of hydrogen-bond donors (Lipinski definition) is 1. The Morgan fingerprint density at radius 2 is 1.87 bits per heavy atom. The minimum absolute atomic E-state index is 0.129. The van der Waals surface area contributed by atoms with Gasteiger partial charge in [-0.2, -0.15) is 0 Å². The lowest BCUT2D eigenvalue weighted by Gasteiger charge is -2.36. The summed E-state index contributed by atoms with van der Waals surface area (Å²) >= 11 is 6.40. The minimum atomic E-state index is -1.18. The Hall–Kier alpha value is -2.70. The van der Waals surface area contributed by atoms with Crippen molar-refractivity contribution in [2.24, 2.45) is 11.8 Å². The van der Waals surface area contributed by atoms with Crippen molar-refractivity contribution in [3.8, 4) is 0 Å². The Labute approximate surface area is 178 Å². The summed E-state index contributed by atoms with van der Waals surface area (Å²) in [6.45, 7) is 2.57. The minimum Gasteiger partial charge on any atom is -0.323 e. The van der Waals surface area contributed by atoms with E-state index in [4.69, 9.17) is 11.6 Å². The summed E-state index contributed by atoms with van der Waals surface area (Å²) in [5.74, 6) is -2.03. The molecule has 0 aromatic heterocycles. The van der Waals surface area contributed by atoms with E-state index in [9.17, 15) is 14.4 Å². The van der Waals surface area contributed by atoms with E-state index in [1.807, 2.05) is 37.3 Å². The van der Waals surface area contributed by atoms with Gasteiger partial charge in [-0.05, 0) is 44.0 Å². The molecular weight excluding hydrogens is 402 g/mol. The second kappa shape index (κ2) is 5.93. The Kier molecular flexibility index (Phi) is 3.58. The number of amides is 3. The molecule has 1 spiro atoms. The average Bonchev–Trinajstić information content (AvgIpc) is 3.42. The molecule has 2 aromatic rings. The molecule has 4 aliphatic heterocycles. The lowest BCUT2D eigenvalue weighted by atomic mass is 9.75. The molecule has 4 heterocycles. The maximum atomic E-state index is 13.8. The highest BCUT2D eigenvalue weighted by Crippen LogP contribution is 2.61. The van der Waals surface area contributed by atoms with Crippen LogP contribution < -0.4 is 10.2 Å². The molecule has 152 valence electrons. The van der Waals surface area contributed by atoms with Crippen LogP contribution in [0.5, 0.6) is 0 Å². The van der Waals surface area contributed by atoms with Crippen LogP contribution in [0.2, 0.25) is 5.02 Å². The Morgan fingerprint density at radius 1 is 1.07 bits per heavy atom. The summed E-state index contributed by atoms with van der Waals surface area (Å²) in [6.07, 6.45) is 1.69. The third-order valence-electron chi connectivity index (χ3n) is 7.33. The van der Waals surface area contributed by atoms with E-state index in [-0.39, 0.29) is 23.8 Å². The molecule has 0 aliphatic carbocycles. The Bertz CT molecular complexity index is 1150. The van der Waals surface area contributed by atoms with Gasteiger partial charge in [-0.1, -0.05) is 41.9 Å². The first-order valence-corrected chi connectivity index (χ1v) is 10.7. The summed E-state index contributed by atoms with van der Waals surface area (Å²) < 4.78 is 0. The fraction of sp³-hybridized carbons (Fsp3) is 0.348. The van der Waals surface area contributed by atoms with Crippen molar-refractivity contribution in [3.05, 3.63) is 58.6 Å². The highest BCUT2D eigenvalue weighted by atomic mass is 35.5. The van der Waals surface area contributed by atoms with Gasteiger partial charge in [0.15, 0.2) is 0 Å². The highest BCUT2D eigenvalue weighted by Gasteiger charge is 2.74. The number of rotatable bonds is 1. The van der Waals surface area contributed by atoms with E-state index < -0.39 is 17.4 Å². The molecule has 7 heteroatoms. The smallest absolute Gasteiger partial charge is 0.250 e. The third-order valence-corrected chi connectivity index (χ3v) is 7.65. The molecule has 30 heavy (non-hydrogen) atoms. The summed E-state index contributed by atoms with van der Waals surface area (Å²) in [7, 11) is 0. The van der Waals surface area contributed by atoms with Crippen LogP contribution in [0.15, 0.2) is 42.5 Å². The van der Waals surface area contributed by atoms with Crippen LogP contribution in [0.1, 0.15) is 24.0 Å². The highest BCUT2D eigenvalue weighted by molar-refractivity contribution is 6.35. The number of para-hydroxylation sites is 2. The van der Waals surface area contributed by atoms with Crippen molar-refractivity contribution in [2.75, 3.05) is 16.8 Å². The first kappa shape index (κ1) is 18.1. The second-order valence-corrected chi connectivity index (χ2v) is 8.99. The Balaban J connectivity index is 1.59. The topological polar surface area (TPSA) is 69.7 Å². The summed E-state index contributed by atoms with van der Waals surface area (Å²) in [5, 5.41) is 3.38. The van der Waals surface area contributed by atoms with Crippen LogP contribution in [0, 0.1) is 18.8 Å². The number of carbonyl (C=O) groups excluding carboxylic acids is 3. The van der Waals surface area contributed by atoms with E-state index in [1.54, 1.807) is 12.1 Å². The normalized spacial score (nSPS) is 32.0. The predicted octanol–water partition coefficient (Wildman–Crippen LogP) is 3.08. The lowest BCUT2D eigenvalue weighted by molar-refractivity contribution is -0.135. The fourth-order valence-corrected chi connectivity index (χ4v) is 6.47. The van der Waals surface area contributed by atoms with Crippen LogP contribution >= 0.6 is 11.6 Å². The van der Waals surface area contributed by atoms with E-state index in [2.05, 4.69) is 10.2 Å². The standard InChI is InChI=1S/C23H20ClN3O3/c1-12-6-2-3-9-15(12)27-20(28)17-16-10-5-11-26(16)23(18(17)21(27)29)13-7-4-8-14(24)19(13)25-22(23)30/h2-4,6-9,16-18H,5,10-11H2,1H3,(H,25,30)/t16-,17+,18+,23+/m0/s1. The number of carbonyl (C=O) groups is 3. The molecule has 0 saturated carbocycles. The third kappa shape index (κ3) is 1.92. The maximum absolute atomic E-state index is 13.8. The van der Waals surface area contributed by atoms with Crippen LogP contribution in [0.3, 0.4) is 0 Å². The molecule has 2 aromatic carbocycles. The quantitative estimate of drug-likeness (QED) is 0.718. The fourth-order valence-electron chi connectivity index (χ4n) is 6.25. The average molecular weight is 422 g/mol. The van der Waals surface area contributed by atoms with Crippen molar-refractivity contribution < 1.29 is 14.4 Å². The SMILES string of the molecule is Cc1ccccc1N1C(=O)[C@@H]2[C@@H]3CCCN3[C@@]3(C(=O)Nc4c(Cl)cccc43)[C@H]2C1=O. The predicted molar refractivity (Wildman–Crippen MR) is 112 cm³/mol. The van der Waals surface area contributed by atoms with Crippen molar-refractivity contribution >= 4 is 40.7 Å². The van der Waals surface area contributed by atoms with E-state index >= 15 is 0 Å². The number of nitrogens with zero attached hydrogens (tertiary/aromatic N) is 2. The number of halogens is 1. The number of hydrogen-bond acceptors (Lipinski definition) is 4. The lowest BCUT2D eigenvalue weighted by Crippen LogP contribution is -2.54. The van der Waals surface area contributed by atoms with Gasteiger partial charge in [0.25, 0.3) is 5.91 Å². The summed E-state index contributed by atoms with van der Waals surface area (Å²) in [4.78, 5) is 44.5. The molecule has 4 atom stereocenters. The number of nitrogens with one attached hydrogen (secondary N) is 1. The molecule has 0 bridgehead atoms. The number of aryl methyl sites for hydroxylation is 1. The molecule has 4 aliphatic rings. The van der Waals surface area contributed by atoms with Gasteiger partial charge in [0, 0.05) is 11.6 Å². The van der Waals surface area contributed by atoms with E-state index in [0.29, 0.717) is 28.5 Å². The molecule has 3 amide bonds. The number of imide groups is 1. The van der Waals surface area contributed by atoms with E-state index in [0.717, 1.165) is 18.4 Å². The van der Waals surface area contributed by atoms with Gasteiger partial charge in [-0.3, -0.25) is 19.3 Å². The van der Waals surface area contributed by atoms with Crippen LogP contribution in [0.4, 0.5) is 11.4 Å². The van der Waals surface area contributed by atoms with Crippen molar-refractivity contribution in [3.63, 3.8) is 0 Å². The zero-order valence-corrected chi connectivity index (χ0v) is 17.1. The molecule has 3 fully saturated rings. The van der Waals surface area contributed by atoms with Crippen molar-refractivity contribution in [1.82, 2.24) is 4.90 Å². The van der Waals surface area contributed by atoms with Gasteiger partial charge in [0.05, 0.1) is 28.2 Å². The monoisotopic (exact) mass is 421 g/mol. The number of fused-ring (bicyclic) bond motifs is 7. The van der Waals surface area contributed by atoms with E-state index in [1.165, 1.54) is 4.90 Å². The Morgan fingerprint density at radius 3 is 2.67 bits per heavy atom. The maximum Gasteiger partial charge on any atom is 0.250 e. The summed E-state index contributed by atoms with van der Waals surface area (Å²) in [5.41, 5.74) is 1.55. The van der Waals surface area contributed by atoms with Gasteiger partial charge in [-0.25, -0.2) is 4.90 Å². The molecule has 0 unspecified atom stereocenters. The van der Waals surface area contributed by atoms with Gasteiger partial charge >= 0.3 is 0 Å². The largest absolute Gasteiger partial charge is 0.323 e. The van der Waals surface area contributed by atoms with Crippen LogP contribution in [-0.2, 0) is 19.9 Å². The second-order valence-electron chi connectivity index (χ2n) is 8.59. The van der Waals surface area contributed by atoms with Crippen molar-refractivity contribution in [2.45, 2.75) is 31.3 Å². The zero-order valence-electron chi connectivity index (χ0n) is 16.4. The first-order chi connectivity index (χ1) is 14.5. The van der Waals surface area contributed by atoms with Gasteiger partial charge in [0.2, 0.25) is 11.8 Å².